The highest BCUT2D eigenvalue weighted by atomic mass is 16.6. The maximum atomic E-state index is 8.12. The molecule has 0 saturated heterocycles. The van der Waals surface area contributed by atoms with Crippen molar-refractivity contribution in [2.45, 2.75) is 6.42 Å². The van der Waals surface area contributed by atoms with Gasteiger partial charge in [0.1, 0.15) is 13.2 Å². The summed E-state index contributed by atoms with van der Waals surface area (Å²) in [7, 11) is 0. The molecule has 0 atom stereocenters. The van der Waals surface area contributed by atoms with Gasteiger partial charge in [0.15, 0.2) is 11.5 Å². The minimum absolute atomic E-state index is 0.484. The summed E-state index contributed by atoms with van der Waals surface area (Å²) in [4.78, 5) is 2.69. The molecular formula is C12H13N3O2. The molecule has 0 amide bonds. The third-order valence-electron chi connectivity index (χ3n) is 2.34. The van der Waals surface area contributed by atoms with E-state index in [-0.39, 0.29) is 0 Å². The Morgan fingerprint density at radius 1 is 1.29 bits per heavy atom. The lowest BCUT2D eigenvalue weighted by atomic mass is 10.1. The number of nitrogens with zero attached hydrogens (tertiary/aromatic N) is 3. The zero-order chi connectivity index (χ0) is 11.9. The molecule has 17 heavy (non-hydrogen) atoms. The van der Waals surface area contributed by atoms with Gasteiger partial charge in [0.05, 0.1) is 0 Å². The van der Waals surface area contributed by atoms with E-state index >= 15 is 0 Å². The summed E-state index contributed by atoms with van der Waals surface area (Å²) in [5.41, 5.74) is 9.17. The van der Waals surface area contributed by atoms with Gasteiger partial charge in [0, 0.05) is 11.5 Å². The number of hydrogen-bond acceptors (Lipinski definition) is 3. The van der Waals surface area contributed by atoms with Crippen molar-refractivity contribution in [2.75, 3.05) is 19.8 Å². The lowest BCUT2D eigenvalue weighted by Gasteiger charge is -2.18. The van der Waals surface area contributed by atoms with Gasteiger partial charge in [-0.2, -0.15) is 0 Å². The van der Waals surface area contributed by atoms with Crippen LogP contribution in [0.4, 0.5) is 0 Å². The van der Waals surface area contributed by atoms with Crippen molar-refractivity contribution in [2.24, 2.45) is 5.11 Å². The van der Waals surface area contributed by atoms with E-state index < -0.39 is 0 Å². The van der Waals surface area contributed by atoms with E-state index in [1.54, 1.807) is 0 Å². The highest BCUT2D eigenvalue weighted by Gasteiger charge is 2.10. The third-order valence-corrected chi connectivity index (χ3v) is 2.34. The lowest BCUT2D eigenvalue weighted by molar-refractivity contribution is 0.171. The summed E-state index contributed by atoms with van der Waals surface area (Å²) in [6.45, 7) is 1.68. The molecule has 0 unspecified atom stereocenters. The molecule has 2 rings (SSSR count). The zero-order valence-corrected chi connectivity index (χ0v) is 9.37. The fourth-order valence-corrected chi connectivity index (χ4v) is 1.56. The summed E-state index contributed by atoms with van der Waals surface area (Å²) < 4.78 is 10.9. The second-order valence-corrected chi connectivity index (χ2v) is 3.55. The Balaban J connectivity index is 1.99. The normalized spacial score (nSPS) is 13.4. The molecule has 88 valence electrons. The fraction of sp³-hybridized carbons (Fsp3) is 0.333. The quantitative estimate of drug-likeness (QED) is 0.345. The maximum Gasteiger partial charge on any atom is 0.161 e. The summed E-state index contributed by atoms with van der Waals surface area (Å²) in [6, 6.07) is 5.82. The average Bonchev–Trinajstić information content (AvgIpc) is 2.38. The van der Waals surface area contributed by atoms with E-state index in [1.807, 2.05) is 30.4 Å². The highest BCUT2D eigenvalue weighted by molar-refractivity contribution is 5.56. The zero-order valence-electron chi connectivity index (χ0n) is 9.37. The Hall–Kier alpha value is -2.13. The monoisotopic (exact) mass is 231 g/mol. The highest BCUT2D eigenvalue weighted by Crippen LogP contribution is 2.31. The SMILES string of the molecule is [N-]=[N+]=NCCC=Cc1ccc2c(c1)OCCO2. The predicted molar refractivity (Wildman–Crippen MR) is 65.1 cm³/mol. The Kier molecular flexibility index (Phi) is 3.89. The van der Waals surface area contributed by atoms with Crippen molar-refractivity contribution in [3.63, 3.8) is 0 Å². The van der Waals surface area contributed by atoms with Crippen LogP contribution >= 0.6 is 0 Å². The molecule has 0 fully saturated rings. The van der Waals surface area contributed by atoms with Gasteiger partial charge in [-0.25, -0.2) is 0 Å². The summed E-state index contributed by atoms with van der Waals surface area (Å²) in [5, 5.41) is 3.46. The average molecular weight is 231 g/mol. The second-order valence-electron chi connectivity index (χ2n) is 3.55. The van der Waals surface area contributed by atoms with Gasteiger partial charge in [-0.3, -0.25) is 0 Å². The molecule has 5 nitrogen and oxygen atoms in total. The smallest absolute Gasteiger partial charge is 0.161 e. The van der Waals surface area contributed by atoms with Crippen LogP contribution in [0.2, 0.25) is 0 Å². The van der Waals surface area contributed by atoms with Gasteiger partial charge in [-0.15, -0.1) is 0 Å². The van der Waals surface area contributed by atoms with Crippen LogP contribution in [0.15, 0.2) is 29.4 Å². The van der Waals surface area contributed by atoms with Gasteiger partial charge < -0.3 is 9.47 Å². The lowest BCUT2D eigenvalue weighted by Crippen LogP contribution is -2.15. The van der Waals surface area contributed by atoms with Gasteiger partial charge in [0.25, 0.3) is 0 Å². The Labute approximate surface area is 99.3 Å². The van der Waals surface area contributed by atoms with Crippen molar-refractivity contribution in [3.8, 4) is 11.5 Å². The van der Waals surface area contributed by atoms with Gasteiger partial charge >= 0.3 is 0 Å². The van der Waals surface area contributed by atoms with E-state index in [0.717, 1.165) is 23.5 Å². The summed E-state index contributed by atoms with van der Waals surface area (Å²) in [6.07, 6.45) is 4.68. The fourth-order valence-electron chi connectivity index (χ4n) is 1.56. The van der Waals surface area contributed by atoms with E-state index in [1.165, 1.54) is 0 Å². The van der Waals surface area contributed by atoms with Crippen LogP contribution in [0, 0.1) is 0 Å². The number of fused-ring (bicyclic) bond motifs is 1. The number of ether oxygens (including phenoxy) is 2. The van der Waals surface area contributed by atoms with Crippen LogP contribution in [0.3, 0.4) is 0 Å². The Morgan fingerprint density at radius 3 is 2.94 bits per heavy atom. The molecule has 1 aliphatic heterocycles. The predicted octanol–water partition coefficient (Wildman–Crippen LogP) is 3.17. The van der Waals surface area contributed by atoms with Crippen LogP contribution in [0.5, 0.6) is 11.5 Å². The third kappa shape index (κ3) is 3.16. The number of rotatable bonds is 4. The van der Waals surface area contributed by atoms with Crippen LogP contribution < -0.4 is 9.47 Å². The summed E-state index contributed by atoms with van der Waals surface area (Å²) in [5.74, 6) is 1.58. The molecule has 0 aromatic heterocycles. The minimum atomic E-state index is 0.484. The molecular weight excluding hydrogens is 218 g/mol. The first-order valence-electron chi connectivity index (χ1n) is 5.47. The summed E-state index contributed by atoms with van der Waals surface area (Å²) >= 11 is 0. The largest absolute Gasteiger partial charge is 0.486 e. The van der Waals surface area contributed by atoms with Gasteiger partial charge in [-0.05, 0) is 29.6 Å². The molecule has 1 aromatic rings. The molecule has 0 saturated carbocycles. The topological polar surface area (TPSA) is 67.2 Å². The molecule has 0 spiro atoms. The molecule has 1 aromatic carbocycles. The van der Waals surface area contributed by atoms with Crippen LogP contribution in [-0.4, -0.2) is 19.8 Å². The van der Waals surface area contributed by atoms with Crippen molar-refractivity contribution >= 4 is 6.08 Å². The number of hydrogen-bond donors (Lipinski definition) is 0. The van der Waals surface area contributed by atoms with Crippen molar-refractivity contribution in [3.05, 3.63) is 40.3 Å². The first-order valence-corrected chi connectivity index (χ1v) is 5.47. The number of azide groups is 1. The maximum absolute atomic E-state index is 8.12. The molecule has 0 radical (unpaired) electrons. The van der Waals surface area contributed by atoms with E-state index in [0.29, 0.717) is 19.8 Å². The Bertz CT molecular complexity index is 465. The molecule has 1 heterocycles. The number of benzene rings is 1. The van der Waals surface area contributed by atoms with Crippen LogP contribution in [0.1, 0.15) is 12.0 Å². The van der Waals surface area contributed by atoms with Crippen molar-refractivity contribution in [1.29, 1.82) is 0 Å². The van der Waals surface area contributed by atoms with E-state index in [4.69, 9.17) is 15.0 Å². The van der Waals surface area contributed by atoms with E-state index in [9.17, 15) is 0 Å². The standard InChI is InChI=1S/C12H13N3O2/c13-15-14-6-2-1-3-10-4-5-11-12(9-10)17-8-7-16-11/h1,3-5,9H,2,6-8H2. The van der Waals surface area contributed by atoms with Crippen molar-refractivity contribution in [1.82, 2.24) is 0 Å². The van der Waals surface area contributed by atoms with Gasteiger partial charge in [0.2, 0.25) is 0 Å². The molecule has 0 N–H and O–H groups in total. The van der Waals surface area contributed by atoms with Crippen LogP contribution in [0.25, 0.3) is 16.5 Å². The minimum Gasteiger partial charge on any atom is -0.486 e. The Morgan fingerprint density at radius 2 is 2.12 bits per heavy atom. The van der Waals surface area contributed by atoms with Crippen LogP contribution in [-0.2, 0) is 0 Å². The second kappa shape index (κ2) is 5.82. The molecule has 0 bridgehead atoms. The first-order chi connectivity index (χ1) is 8.40. The molecule has 0 aliphatic carbocycles. The first kappa shape index (κ1) is 11.4. The van der Waals surface area contributed by atoms with Gasteiger partial charge in [-0.1, -0.05) is 23.3 Å². The van der Waals surface area contributed by atoms with E-state index in [2.05, 4.69) is 10.0 Å². The van der Waals surface area contributed by atoms with Crippen molar-refractivity contribution < 1.29 is 9.47 Å². The molecule has 1 aliphatic rings. The molecule has 5 heteroatoms.